The number of carbonyl (C=O) groups excluding carboxylic acids is 2. The molecule has 12 unspecified atom stereocenters. The first-order valence-corrected chi connectivity index (χ1v) is 20.3. The summed E-state index contributed by atoms with van der Waals surface area (Å²) in [5, 5.41) is 34.2. The van der Waals surface area contributed by atoms with Gasteiger partial charge in [0.15, 0.2) is 12.1 Å². The van der Waals surface area contributed by atoms with Crippen molar-refractivity contribution in [2.45, 2.75) is 148 Å². The fourth-order valence-electron chi connectivity index (χ4n) is 8.83. The lowest BCUT2D eigenvalue weighted by atomic mass is 9.79. The molecular weight excluding hydrogens is 662 g/mol. The van der Waals surface area contributed by atoms with Gasteiger partial charge in [0, 0.05) is 24.3 Å². The van der Waals surface area contributed by atoms with Gasteiger partial charge in [-0.1, -0.05) is 51.3 Å². The van der Waals surface area contributed by atoms with E-state index in [0.29, 0.717) is 19.3 Å². The van der Waals surface area contributed by atoms with Gasteiger partial charge < -0.3 is 44.2 Å². The van der Waals surface area contributed by atoms with Crippen LogP contribution in [0.1, 0.15) is 98.8 Å². The lowest BCUT2D eigenvalue weighted by Crippen LogP contribution is -2.63. The Balaban J connectivity index is 1.68. The van der Waals surface area contributed by atoms with Gasteiger partial charge in [-0.3, -0.25) is 9.59 Å². The molecule has 11 heteroatoms. The second kappa shape index (κ2) is 20.8. The van der Waals surface area contributed by atoms with Gasteiger partial charge in [-0.05, 0) is 118 Å². The number of piperidine rings is 2. The Kier molecular flexibility index (Phi) is 17.2. The van der Waals surface area contributed by atoms with Gasteiger partial charge in [0.05, 0.1) is 36.9 Å². The Morgan fingerprint density at radius 3 is 2.15 bits per heavy atom. The summed E-state index contributed by atoms with van der Waals surface area (Å²) in [6, 6.07) is -0.632. The third-order valence-corrected chi connectivity index (χ3v) is 12.1. The maximum absolute atomic E-state index is 13.8. The zero-order valence-electron chi connectivity index (χ0n) is 33.2. The number of rotatable bonds is 9. The summed E-state index contributed by atoms with van der Waals surface area (Å²) < 4.78 is 19.1. The summed E-state index contributed by atoms with van der Waals surface area (Å²) in [7, 11) is 3.60. The monoisotopic (exact) mass is 734 g/mol. The third kappa shape index (κ3) is 12.2. The molecule has 11 nitrogen and oxygen atoms in total. The minimum Gasteiger partial charge on any atom is -0.462 e. The van der Waals surface area contributed by atoms with Gasteiger partial charge in [0.2, 0.25) is 0 Å². The number of likely N-dealkylation sites (tertiary alicyclic amines) is 2. The number of aliphatic hydroxyl groups excluding tert-OH is 3. The maximum atomic E-state index is 13.8. The normalized spacial score (nSPS) is 40.2. The molecule has 0 aromatic carbocycles. The van der Waals surface area contributed by atoms with E-state index in [0.717, 1.165) is 70.5 Å². The summed E-state index contributed by atoms with van der Waals surface area (Å²) in [6.07, 6.45) is 8.49. The smallest absolute Gasteiger partial charge is 0.308 e. The second-order valence-electron chi connectivity index (χ2n) is 16.6. The number of allylic oxidation sites excluding steroid dienone is 3. The highest BCUT2D eigenvalue weighted by Crippen LogP contribution is 2.35. The molecule has 3 N–H and O–H groups in total. The highest BCUT2D eigenvalue weighted by atomic mass is 16.7. The number of nitrogens with zero attached hydrogens (tertiary/aromatic N) is 3. The molecule has 0 radical (unpaired) electrons. The van der Waals surface area contributed by atoms with Crippen LogP contribution in [-0.2, 0) is 23.8 Å². The molecular formula is C41H71N3O8. The van der Waals surface area contributed by atoms with Crippen LogP contribution in [-0.4, -0.2) is 144 Å². The first kappa shape index (κ1) is 43.0. The van der Waals surface area contributed by atoms with Crippen LogP contribution in [0, 0.1) is 23.7 Å². The molecule has 4 aliphatic rings. The highest BCUT2D eigenvalue weighted by Gasteiger charge is 2.47. The first-order chi connectivity index (χ1) is 24.8. The van der Waals surface area contributed by atoms with Crippen molar-refractivity contribution < 1.29 is 39.1 Å². The van der Waals surface area contributed by atoms with Crippen molar-refractivity contribution in [3.8, 4) is 0 Å². The first-order valence-electron chi connectivity index (χ1n) is 20.3. The van der Waals surface area contributed by atoms with Crippen molar-refractivity contribution in [2.24, 2.45) is 23.7 Å². The minimum absolute atomic E-state index is 0.0270. The number of hydrogen-bond donors (Lipinski definition) is 3. The molecule has 12 atom stereocenters. The molecule has 4 rings (SSSR count). The van der Waals surface area contributed by atoms with Crippen LogP contribution in [0.4, 0.5) is 0 Å². The average Bonchev–Trinajstić information content (AvgIpc) is 3.12. The SMILES string of the molecule is CCC1OC(=O)CC(O)C(C)C(OC2OC(C)C(O)C(N(C)C)C2O)C(CCN2CCCCC2)CC(C)C(=O)/C=C/C(C)=C/C1CN1CCCCC1. The number of aliphatic hydroxyl groups is 3. The zero-order chi connectivity index (χ0) is 37.9. The predicted octanol–water partition coefficient (Wildman–Crippen LogP) is 4.18. The lowest BCUT2D eigenvalue weighted by molar-refractivity contribution is -0.304. The van der Waals surface area contributed by atoms with Crippen molar-refractivity contribution in [3.05, 3.63) is 23.8 Å². The number of carbonyl (C=O) groups is 2. The number of hydrogen-bond acceptors (Lipinski definition) is 11. The zero-order valence-corrected chi connectivity index (χ0v) is 33.2. The molecule has 4 aliphatic heterocycles. The minimum atomic E-state index is -1.17. The molecule has 3 saturated heterocycles. The predicted molar refractivity (Wildman–Crippen MR) is 203 cm³/mol. The van der Waals surface area contributed by atoms with E-state index in [4.69, 9.17) is 14.2 Å². The molecule has 0 amide bonds. The van der Waals surface area contributed by atoms with Crippen molar-refractivity contribution >= 4 is 11.8 Å². The molecule has 0 saturated carbocycles. The summed E-state index contributed by atoms with van der Waals surface area (Å²) >= 11 is 0. The third-order valence-electron chi connectivity index (χ3n) is 12.1. The molecule has 298 valence electrons. The molecule has 0 aromatic heterocycles. The Morgan fingerprint density at radius 1 is 0.904 bits per heavy atom. The number of ether oxygens (including phenoxy) is 3. The molecule has 0 spiro atoms. The largest absolute Gasteiger partial charge is 0.462 e. The number of likely N-dealkylation sites (N-methyl/N-ethyl adjacent to an activating group) is 1. The highest BCUT2D eigenvalue weighted by molar-refractivity contribution is 5.91. The summed E-state index contributed by atoms with van der Waals surface area (Å²) in [4.78, 5) is 34.1. The van der Waals surface area contributed by atoms with E-state index in [9.17, 15) is 24.9 Å². The Labute approximate surface area is 313 Å². The van der Waals surface area contributed by atoms with Crippen molar-refractivity contribution in [1.29, 1.82) is 0 Å². The number of esters is 1. The van der Waals surface area contributed by atoms with E-state index in [2.05, 4.69) is 15.9 Å². The van der Waals surface area contributed by atoms with E-state index < -0.39 is 54.7 Å². The molecule has 52 heavy (non-hydrogen) atoms. The molecule has 3 fully saturated rings. The van der Waals surface area contributed by atoms with Crippen molar-refractivity contribution in [1.82, 2.24) is 14.7 Å². The van der Waals surface area contributed by atoms with Gasteiger partial charge in [0.1, 0.15) is 12.2 Å². The topological polar surface area (TPSA) is 132 Å². The van der Waals surface area contributed by atoms with Crippen LogP contribution >= 0.6 is 0 Å². The maximum Gasteiger partial charge on any atom is 0.308 e. The van der Waals surface area contributed by atoms with Crippen molar-refractivity contribution in [2.75, 3.05) is 53.4 Å². The van der Waals surface area contributed by atoms with E-state index in [1.165, 1.54) is 12.8 Å². The Hall–Kier alpha value is -1.70. The molecule has 0 bridgehead atoms. The quantitative estimate of drug-likeness (QED) is 0.295. The molecule has 0 aliphatic carbocycles. The van der Waals surface area contributed by atoms with Crippen LogP contribution in [0.2, 0.25) is 0 Å². The van der Waals surface area contributed by atoms with Crippen LogP contribution in [0.25, 0.3) is 0 Å². The van der Waals surface area contributed by atoms with Crippen LogP contribution < -0.4 is 0 Å². The van der Waals surface area contributed by atoms with Gasteiger partial charge in [-0.2, -0.15) is 0 Å². The molecule has 4 heterocycles. The Morgan fingerprint density at radius 2 is 1.54 bits per heavy atom. The number of cyclic esters (lactones) is 1. The Bertz CT molecular complexity index is 1170. The van der Waals surface area contributed by atoms with Gasteiger partial charge in [0.25, 0.3) is 0 Å². The van der Waals surface area contributed by atoms with E-state index in [1.807, 2.05) is 33.8 Å². The fourth-order valence-corrected chi connectivity index (χ4v) is 8.83. The fraction of sp³-hybridized carbons (Fsp3) is 0.854. The standard InChI is InChI=1S/C41H71N3O8/c1-8-35-32(26-44-20-13-10-14-21-44)23-27(2)15-16-33(45)28(3)24-31(17-22-43-18-11-9-12-19-43)40(29(4)34(46)25-36(47)51-35)52-41-39(49)37(42(6)7)38(48)30(5)50-41/h15-16,23,28-32,34-35,37-41,46,48-49H,8-14,17-22,24-26H2,1-7H3/b16-15+,27-23+. The van der Waals surface area contributed by atoms with E-state index >= 15 is 0 Å². The second-order valence-corrected chi connectivity index (χ2v) is 16.6. The van der Waals surface area contributed by atoms with Crippen LogP contribution in [0.3, 0.4) is 0 Å². The van der Waals surface area contributed by atoms with Gasteiger partial charge >= 0.3 is 5.97 Å². The van der Waals surface area contributed by atoms with Gasteiger partial charge in [-0.15, -0.1) is 0 Å². The summed E-state index contributed by atoms with van der Waals surface area (Å²) in [6.45, 7) is 15.3. The summed E-state index contributed by atoms with van der Waals surface area (Å²) in [5.74, 6) is -1.58. The summed E-state index contributed by atoms with van der Waals surface area (Å²) in [5.41, 5.74) is 0.954. The van der Waals surface area contributed by atoms with E-state index in [-0.39, 0.29) is 36.1 Å². The van der Waals surface area contributed by atoms with Gasteiger partial charge in [-0.25, -0.2) is 0 Å². The lowest BCUT2D eigenvalue weighted by Gasteiger charge is -2.47. The molecule has 0 aromatic rings. The number of ketones is 1. The van der Waals surface area contributed by atoms with Crippen molar-refractivity contribution in [3.63, 3.8) is 0 Å². The van der Waals surface area contributed by atoms with Crippen LogP contribution in [0.15, 0.2) is 23.8 Å². The average molecular weight is 734 g/mol. The van der Waals surface area contributed by atoms with Crippen LogP contribution in [0.5, 0.6) is 0 Å². The van der Waals surface area contributed by atoms with E-state index in [1.54, 1.807) is 32.0 Å².